The SMILES string of the molecule is O=C([O-])CCn1nc(-c2cccs2)oc1=O. The summed E-state index contributed by atoms with van der Waals surface area (Å²) in [6.07, 6.45) is -0.268. The van der Waals surface area contributed by atoms with Crippen LogP contribution in [0.1, 0.15) is 6.42 Å². The third-order valence-electron chi connectivity index (χ3n) is 1.87. The molecule has 0 bridgehead atoms. The Bertz CT molecular complexity index is 540. The van der Waals surface area contributed by atoms with Crippen LogP contribution in [-0.4, -0.2) is 15.7 Å². The van der Waals surface area contributed by atoms with E-state index >= 15 is 0 Å². The second-order valence-electron chi connectivity index (χ2n) is 3.00. The highest BCUT2D eigenvalue weighted by molar-refractivity contribution is 7.13. The minimum absolute atomic E-state index is 0.0456. The van der Waals surface area contributed by atoms with E-state index in [1.807, 2.05) is 5.38 Å². The average molecular weight is 239 g/mol. The number of carbonyl (C=O) groups is 1. The molecule has 2 aromatic rings. The lowest BCUT2D eigenvalue weighted by Gasteiger charge is -1.98. The molecule has 84 valence electrons. The van der Waals surface area contributed by atoms with E-state index in [1.165, 1.54) is 11.3 Å². The molecular weight excluding hydrogens is 232 g/mol. The fraction of sp³-hybridized carbons (Fsp3) is 0.222. The number of carboxylic acid groups (broad SMARTS) is 1. The lowest BCUT2D eigenvalue weighted by Crippen LogP contribution is -2.26. The summed E-state index contributed by atoms with van der Waals surface area (Å²) in [5.41, 5.74) is 0. The Kier molecular flexibility index (Phi) is 2.86. The van der Waals surface area contributed by atoms with Crippen LogP contribution < -0.4 is 10.9 Å². The number of thiophene rings is 1. The Hall–Kier alpha value is -1.89. The van der Waals surface area contributed by atoms with Crippen molar-refractivity contribution in [3.05, 3.63) is 28.1 Å². The first kappa shape index (κ1) is 10.6. The summed E-state index contributed by atoms with van der Waals surface area (Å²) < 4.78 is 5.86. The molecule has 2 rings (SSSR count). The maximum absolute atomic E-state index is 11.3. The van der Waals surface area contributed by atoms with Gasteiger partial charge in [0.1, 0.15) is 0 Å². The molecule has 0 saturated heterocycles. The fourth-order valence-corrected chi connectivity index (χ4v) is 1.79. The smallest absolute Gasteiger partial charge is 0.437 e. The zero-order chi connectivity index (χ0) is 11.5. The van der Waals surface area contributed by atoms with Crippen LogP contribution in [0.5, 0.6) is 0 Å². The molecule has 0 fully saturated rings. The number of aliphatic carboxylic acids is 1. The number of rotatable bonds is 4. The Balaban J connectivity index is 2.22. The van der Waals surface area contributed by atoms with Gasteiger partial charge in [-0.15, -0.1) is 16.4 Å². The highest BCUT2D eigenvalue weighted by atomic mass is 32.1. The molecule has 0 radical (unpaired) electrons. The molecule has 0 aliphatic carbocycles. The van der Waals surface area contributed by atoms with E-state index in [0.717, 1.165) is 9.56 Å². The molecule has 0 saturated carbocycles. The largest absolute Gasteiger partial charge is 0.550 e. The van der Waals surface area contributed by atoms with Gasteiger partial charge in [0.2, 0.25) is 0 Å². The van der Waals surface area contributed by atoms with Crippen molar-refractivity contribution in [3.8, 4) is 10.8 Å². The Morgan fingerprint density at radius 2 is 2.44 bits per heavy atom. The van der Waals surface area contributed by atoms with Crippen LogP contribution in [0.3, 0.4) is 0 Å². The minimum atomic E-state index is -1.23. The topological polar surface area (TPSA) is 88.2 Å². The van der Waals surface area contributed by atoms with Crippen LogP contribution in [0.25, 0.3) is 10.8 Å². The van der Waals surface area contributed by atoms with Gasteiger partial charge in [-0.1, -0.05) is 6.07 Å². The van der Waals surface area contributed by atoms with Gasteiger partial charge in [-0.2, -0.15) is 4.68 Å². The highest BCUT2D eigenvalue weighted by Crippen LogP contribution is 2.20. The molecule has 0 unspecified atom stereocenters. The number of hydrogen-bond acceptors (Lipinski definition) is 6. The number of hydrogen-bond donors (Lipinski definition) is 0. The van der Waals surface area contributed by atoms with Gasteiger partial charge in [-0.05, 0) is 11.4 Å². The van der Waals surface area contributed by atoms with E-state index in [0.29, 0.717) is 0 Å². The zero-order valence-electron chi connectivity index (χ0n) is 8.08. The van der Waals surface area contributed by atoms with E-state index in [-0.39, 0.29) is 18.9 Å². The molecule has 0 aliphatic rings. The first-order valence-corrected chi connectivity index (χ1v) is 5.36. The summed E-state index contributed by atoms with van der Waals surface area (Å²) in [6.45, 7) is -0.0456. The summed E-state index contributed by atoms with van der Waals surface area (Å²) in [6, 6.07) is 3.57. The van der Waals surface area contributed by atoms with Crippen LogP contribution in [0.15, 0.2) is 26.7 Å². The molecule has 0 spiro atoms. The predicted molar refractivity (Wildman–Crippen MR) is 53.7 cm³/mol. The monoisotopic (exact) mass is 239 g/mol. The lowest BCUT2D eigenvalue weighted by atomic mass is 10.4. The third kappa shape index (κ3) is 2.19. The minimum Gasteiger partial charge on any atom is -0.550 e. The first-order valence-electron chi connectivity index (χ1n) is 4.48. The van der Waals surface area contributed by atoms with Crippen molar-refractivity contribution in [1.82, 2.24) is 9.78 Å². The van der Waals surface area contributed by atoms with Crippen molar-refractivity contribution < 1.29 is 14.3 Å². The number of aromatic nitrogens is 2. The Morgan fingerprint density at radius 3 is 3.06 bits per heavy atom. The molecule has 0 N–H and O–H groups in total. The van der Waals surface area contributed by atoms with Crippen molar-refractivity contribution in [2.75, 3.05) is 0 Å². The molecule has 2 aromatic heterocycles. The molecule has 0 amide bonds. The van der Waals surface area contributed by atoms with Gasteiger partial charge in [-0.25, -0.2) is 4.79 Å². The second kappa shape index (κ2) is 4.31. The van der Waals surface area contributed by atoms with Crippen molar-refractivity contribution >= 4 is 17.3 Å². The number of nitrogens with zero attached hydrogens (tertiary/aromatic N) is 2. The van der Waals surface area contributed by atoms with E-state index in [4.69, 9.17) is 4.42 Å². The summed E-state index contributed by atoms with van der Waals surface area (Å²) >= 11 is 1.39. The third-order valence-corrected chi connectivity index (χ3v) is 2.72. The number of carbonyl (C=O) groups excluding carboxylic acids is 1. The molecule has 0 aromatic carbocycles. The predicted octanol–water partition coefficient (Wildman–Crippen LogP) is -0.295. The maximum Gasteiger partial charge on any atom is 0.437 e. The molecule has 0 aliphatic heterocycles. The van der Waals surface area contributed by atoms with E-state index < -0.39 is 11.7 Å². The van der Waals surface area contributed by atoms with Gasteiger partial charge in [0.15, 0.2) is 0 Å². The van der Waals surface area contributed by atoms with Gasteiger partial charge in [0, 0.05) is 12.4 Å². The molecule has 0 atom stereocenters. The molecule has 2 heterocycles. The Labute approximate surface area is 93.8 Å². The van der Waals surface area contributed by atoms with E-state index in [9.17, 15) is 14.7 Å². The molecule has 6 nitrogen and oxygen atoms in total. The molecular formula is C9H7N2O4S-. The van der Waals surface area contributed by atoms with Crippen LogP contribution in [-0.2, 0) is 11.3 Å². The van der Waals surface area contributed by atoms with Crippen LogP contribution in [0.2, 0.25) is 0 Å². The average Bonchev–Trinajstić information content (AvgIpc) is 2.83. The van der Waals surface area contributed by atoms with Crippen molar-refractivity contribution in [3.63, 3.8) is 0 Å². The summed E-state index contributed by atoms with van der Waals surface area (Å²) in [4.78, 5) is 22.2. The quantitative estimate of drug-likeness (QED) is 0.731. The van der Waals surface area contributed by atoms with E-state index in [2.05, 4.69) is 5.10 Å². The Morgan fingerprint density at radius 1 is 1.62 bits per heavy atom. The summed E-state index contributed by atoms with van der Waals surface area (Å²) in [5, 5.41) is 15.9. The lowest BCUT2D eigenvalue weighted by molar-refractivity contribution is -0.306. The number of carboxylic acids is 1. The summed E-state index contributed by atoms with van der Waals surface area (Å²) in [7, 11) is 0. The zero-order valence-corrected chi connectivity index (χ0v) is 8.90. The van der Waals surface area contributed by atoms with Gasteiger partial charge < -0.3 is 14.3 Å². The van der Waals surface area contributed by atoms with Crippen LogP contribution >= 0.6 is 11.3 Å². The van der Waals surface area contributed by atoms with Gasteiger partial charge in [-0.3, -0.25) is 0 Å². The normalized spacial score (nSPS) is 10.5. The molecule has 7 heteroatoms. The maximum atomic E-state index is 11.3. The fourth-order valence-electron chi connectivity index (χ4n) is 1.14. The molecule has 16 heavy (non-hydrogen) atoms. The van der Waals surface area contributed by atoms with Crippen molar-refractivity contribution in [2.45, 2.75) is 13.0 Å². The van der Waals surface area contributed by atoms with E-state index in [1.54, 1.807) is 12.1 Å². The van der Waals surface area contributed by atoms with Crippen molar-refractivity contribution in [2.24, 2.45) is 0 Å². The second-order valence-corrected chi connectivity index (χ2v) is 3.94. The van der Waals surface area contributed by atoms with Gasteiger partial charge in [0.25, 0.3) is 5.89 Å². The van der Waals surface area contributed by atoms with Gasteiger partial charge >= 0.3 is 5.76 Å². The number of aryl methyl sites for hydroxylation is 1. The highest BCUT2D eigenvalue weighted by Gasteiger charge is 2.10. The summed E-state index contributed by atoms with van der Waals surface area (Å²) in [5.74, 6) is -1.68. The van der Waals surface area contributed by atoms with Crippen molar-refractivity contribution in [1.29, 1.82) is 0 Å². The van der Waals surface area contributed by atoms with Gasteiger partial charge in [0.05, 0.1) is 11.4 Å². The standard InChI is InChI=1S/C9H8N2O4S/c12-7(13)3-4-11-9(14)15-8(10-11)6-2-1-5-16-6/h1-2,5H,3-4H2,(H,12,13)/p-1. The van der Waals surface area contributed by atoms with Crippen LogP contribution in [0.4, 0.5) is 0 Å². The van der Waals surface area contributed by atoms with Crippen LogP contribution in [0, 0.1) is 0 Å². The first-order chi connectivity index (χ1) is 7.66.